The summed E-state index contributed by atoms with van der Waals surface area (Å²) in [7, 11) is 0. The molecule has 0 unspecified atom stereocenters. The van der Waals surface area contributed by atoms with E-state index in [-0.39, 0.29) is 5.91 Å². The summed E-state index contributed by atoms with van der Waals surface area (Å²) in [4.78, 5) is 12.7. The SMILES string of the molecule is CSc1nnc(NC(=O)Cc2cccs2)s1. The average molecular weight is 271 g/mol. The smallest absolute Gasteiger partial charge is 0.231 e. The molecular formula is C9H9N3OS3. The lowest BCUT2D eigenvalue weighted by Crippen LogP contribution is -2.13. The maximum absolute atomic E-state index is 11.6. The van der Waals surface area contributed by atoms with Crippen molar-refractivity contribution < 1.29 is 4.79 Å². The first-order valence-electron chi connectivity index (χ1n) is 4.47. The fourth-order valence-electron chi connectivity index (χ4n) is 1.08. The van der Waals surface area contributed by atoms with Gasteiger partial charge in [-0.25, -0.2) is 0 Å². The van der Waals surface area contributed by atoms with Gasteiger partial charge in [0.1, 0.15) is 0 Å². The first kappa shape index (κ1) is 11.6. The molecule has 0 aromatic carbocycles. The van der Waals surface area contributed by atoms with E-state index in [0.29, 0.717) is 11.6 Å². The third kappa shape index (κ3) is 3.03. The van der Waals surface area contributed by atoms with Gasteiger partial charge in [-0.15, -0.1) is 21.5 Å². The number of thiophene rings is 1. The summed E-state index contributed by atoms with van der Waals surface area (Å²) in [5.74, 6) is -0.0498. The molecule has 2 heterocycles. The van der Waals surface area contributed by atoms with Crippen LogP contribution in [-0.2, 0) is 11.2 Å². The van der Waals surface area contributed by atoms with Crippen molar-refractivity contribution >= 4 is 45.5 Å². The number of carbonyl (C=O) groups excluding carboxylic acids is 1. The van der Waals surface area contributed by atoms with Crippen molar-refractivity contribution in [3.05, 3.63) is 22.4 Å². The Morgan fingerprint density at radius 1 is 1.56 bits per heavy atom. The maximum atomic E-state index is 11.6. The Morgan fingerprint density at radius 2 is 2.44 bits per heavy atom. The molecule has 0 aliphatic rings. The van der Waals surface area contributed by atoms with Crippen molar-refractivity contribution in [1.29, 1.82) is 0 Å². The van der Waals surface area contributed by atoms with Crippen LogP contribution in [0.4, 0.5) is 5.13 Å². The molecule has 0 saturated heterocycles. The first-order valence-corrected chi connectivity index (χ1v) is 7.40. The number of nitrogens with one attached hydrogen (secondary N) is 1. The number of carbonyl (C=O) groups is 1. The van der Waals surface area contributed by atoms with Crippen LogP contribution in [0.3, 0.4) is 0 Å². The van der Waals surface area contributed by atoms with Gasteiger partial charge < -0.3 is 5.32 Å². The van der Waals surface area contributed by atoms with Crippen molar-refractivity contribution in [1.82, 2.24) is 10.2 Å². The van der Waals surface area contributed by atoms with E-state index in [1.165, 1.54) is 23.1 Å². The molecule has 0 saturated carbocycles. The Morgan fingerprint density at radius 3 is 3.06 bits per heavy atom. The number of amides is 1. The first-order chi connectivity index (χ1) is 7.78. The predicted octanol–water partition coefficient (Wildman–Crippen LogP) is 2.50. The van der Waals surface area contributed by atoms with E-state index >= 15 is 0 Å². The van der Waals surface area contributed by atoms with E-state index in [2.05, 4.69) is 15.5 Å². The van der Waals surface area contributed by atoms with E-state index in [1.54, 1.807) is 11.3 Å². The number of anilines is 1. The molecule has 4 nitrogen and oxygen atoms in total. The summed E-state index contributed by atoms with van der Waals surface area (Å²) in [6.45, 7) is 0. The van der Waals surface area contributed by atoms with Crippen molar-refractivity contribution in [2.75, 3.05) is 11.6 Å². The van der Waals surface area contributed by atoms with Gasteiger partial charge in [-0.2, -0.15) is 0 Å². The van der Waals surface area contributed by atoms with Crippen LogP contribution in [0, 0.1) is 0 Å². The fraction of sp³-hybridized carbons (Fsp3) is 0.222. The standard InChI is InChI=1S/C9H9N3OS3/c1-14-9-12-11-8(16-9)10-7(13)5-6-3-2-4-15-6/h2-4H,5H2,1H3,(H,10,11,13). The largest absolute Gasteiger partial charge is 0.300 e. The predicted molar refractivity (Wildman–Crippen MR) is 68.3 cm³/mol. The highest BCUT2D eigenvalue weighted by atomic mass is 32.2. The van der Waals surface area contributed by atoms with Gasteiger partial charge in [0.2, 0.25) is 11.0 Å². The second-order valence-electron chi connectivity index (χ2n) is 2.88. The molecule has 2 aromatic rings. The zero-order chi connectivity index (χ0) is 11.4. The maximum Gasteiger partial charge on any atom is 0.231 e. The second kappa shape index (κ2) is 5.42. The van der Waals surface area contributed by atoms with Gasteiger partial charge in [0, 0.05) is 4.88 Å². The molecule has 16 heavy (non-hydrogen) atoms. The molecule has 84 valence electrons. The summed E-state index contributed by atoms with van der Waals surface area (Å²) in [6, 6.07) is 3.88. The molecule has 0 fully saturated rings. The monoisotopic (exact) mass is 271 g/mol. The summed E-state index contributed by atoms with van der Waals surface area (Å²) in [6.07, 6.45) is 2.32. The number of hydrogen-bond donors (Lipinski definition) is 1. The van der Waals surface area contributed by atoms with Crippen LogP contribution >= 0.6 is 34.4 Å². The van der Waals surface area contributed by atoms with Crippen molar-refractivity contribution in [2.45, 2.75) is 10.8 Å². The molecule has 0 atom stereocenters. The van der Waals surface area contributed by atoms with E-state index < -0.39 is 0 Å². The highest BCUT2D eigenvalue weighted by Gasteiger charge is 2.08. The summed E-state index contributed by atoms with van der Waals surface area (Å²) in [5, 5.41) is 13.0. The minimum Gasteiger partial charge on any atom is -0.300 e. The van der Waals surface area contributed by atoms with E-state index in [9.17, 15) is 4.79 Å². The van der Waals surface area contributed by atoms with Gasteiger partial charge in [0.05, 0.1) is 6.42 Å². The zero-order valence-corrected chi connectivity index (χ0v) is 10.9. The van der Waals surface area contributed by atoms with Crippen LogP contribution < -0.4 is 5.32 Å². The van der Waals surface area contributed by atoms with Gasteiger partial charge in [-0.1, -0.05) is 29.2 Å². The molecule has 0 bridgehead atoms. The molecule has 1 N–H and O–H groups in total. The van der Waals surface area contributed by atoms with Gasteiger partial charge in [-0.3, -0.25) is 4.79 Å². The highest BCUT2D eigenvalue weighted by molar-refractivity contribution is 8.00. The van der Waals surface area contributed by atoms with Crippen LogP contribution in [0.25, 0.3) is 0 Å². The lowest BCUT2D eigenvalue weighted by atomic mass is 10.3. The van der Waals surface area contributed by atoms with Crippen molar-refractivity contribution in [2.24, 2.45) is 0 Å². The topological polar surface area (TPSA) is 54.9 Å². The number of rotatable bonds is 4. The molecular weight excluding hydrogens is 262 g/mol. The van der Waals surface area contributed by atoms with E-state index in [4.69, 9.17) is 0 Å². The molecule has 0 aliphatic carbocycles. The normalized spacial score (nSPS) is 10.3. The lowest BCUT2D eigenvalue weighted by molar-refractivity contribution is -0.115. The molecule has 2 aromatic heterocycles. The van der Waals surface area contributed by atoms with Crippen LogP contribution in [0.5, 0.6) is 0 Å². The number of nitrogens with zero attached hydrogens (tertiary/aromatic N) is 2. The van der Waals surface area contributed by atoms with Gasteiger partial charge in [0.25, 0.3) is 0 Å². The Balaban J connectivity index is 1.92. The molecule has 0 radical (unpaired) electrons. The average Bonchev–Trinajstić information content (AvgIpc) is 2.89. The zero-order valence-electron chi connectivity index (χ0n) is 8.47. The molecule has 2 rings (SSSR count). The van der Waals surface area contributed by atoms with Crippen LogP contribution in [0.15, 0.2) is 21.9 Å². The fourth-order valence-corrected chi connectivity index (χ4v) is 2.97. The van der Waals surface area contributed by atoms with E-state index in [0.717, 1.165) is 9.22 Å². The van der Waals surface area contributed by atoms with E-state index in [1.807, 2.05) is 23.8 Å². The number of aromatic nitrogens is 2. The summed E-state index contributed by atoms with van der Waals surface area (Å²) >= 11 is 4.48. The van der Waals surface area contributed by atoms with Gasteiger partial charge >= 0.3 is 0 Å². The Bertz CT molecular complexity index is 466. The van der Waals surface area contributed by atoms with Crippen LogP contribution in [0.2, 0.25) is 0 Å². The highest BCUT2D eigenvalue weighted by Crippen LogP contribution is 2.23. The summed E-state index contributed by atoms with van der Waals surface area (Å²) in [5.41, 5.74) is 0. The molecule has 0 aliphatic heterocycles. The third-order valence-corrected chi connectivity index (χ3v) is 4.43. The van der Waals surface area contributed by atoms with Gasteiger partial charge in [0.15, 0.2) is 4.34 Å². The molecule has 1 amide bonds. The quantitative estimate of drug-likeness (QED) is 0.685. The van der Waals surface area contributed by atoms with Crippen molar-refractivity contribution in [3.8, 4) is 0 Å². The molecule has 0 spiro atoms. The number of thioether (sulfide) groups is 1. The number of hydrogen-bond acceptors (Lipinski definition) is 6. The Kier molecular flexibility index (Phi) is 3.92. The lowest BCUT2D eigenvalue weighted by Gasteiger charge is -1.97. The Hall–Kier alpha value is -0.920. The van der Waals surface area contributed by atoms with Crippen molar-refractivity contribution in [3.63, 3.8) is 0 Å². The molecule has 7 heteroatoms. The minimum absolute atomic E-state index is 0.0498. The minimum atomic E-state index is -0.0498. The van der Waals surface area contributed by atoms with Gasteiger partial charge in [-0.05, 0) is 17.7 Å². The van der Waals surface area contributed by atoms with Crippen LogP contribution in [0.1, 0.15) is 4.88 Å². The third-order valence-electron chi connectivity index (χ3n) is 1.74. The Labute approximate surface area is 105 Å². The van der Waals surface area contributed by atoms with Crippen LogP contribution in [-0.4, -0.2) is 22.4 Å². The summed E-state index contributed by atoms with van der Waals surface area (Å²) < 4.78 is 0.853. The second-order valence-corrected chi connectivity index (χ2v) is 5.94.